The van der Waals surface area contributed by atoms with Gasteiger partial charge in [-0.05, 0) is 6.07 Å². The lowest BCUT2D eigenvalue weighted by Crippen LogP contribution is -2.52. The van der Waals surface area contributed by atoms with E-state index in [1.54, 1.807) is 30.4 Å². The van der Waals surface area contributed by atoms with Gasteiger partial charge in [0.2, 0.25) is 5.95 Å². The van der Waals surface area contributed by atoms with Gasteiger partial charge in [-0.25, -0.2) is 19.8 Å². The maximum Gasteiger partial charge on any atom is 0.343 e. The van der Waals surface area contributed by atoms with E-state index in [9.17, 15) is 4.79 Å². The first-order valence-electron chi connectivity index (χ1n) is 5.81. The molecule has 2 rings (SSSR count). The van der Waals surface area contributed by atoms with Crippen molar-refractivity contribution in [2.24, 2.45) is 0 Å². The Balaban J connectivity index is 1.90. The molecule has 0 aromatic carbocycles. The van der Waals surface area contributed by atoms with Crippen LogP contribution in [0, 0.1) is 0 Å². The second kappa shape index (κ2) is 5.63. The number of amides is 2. The van der Waals surface area contributed by atoms with Gasteiger partial charge < -0.3 is 9.80 Å². The van der Waals surface area contributed by atoms with Gasteiger partial charge in [-0.3, -0.25) is 4.84 Å². The molecule has 2 amide bonds. The summed E-state index contributed by atoms with van der Waals surface area (Å²) in [7, 11) is 3.08. The summed E-state index contributed by atoms with van der Waals surface area (Å²) in [5.41, 5.74) is 0. The van der Waals surface area contributed by atoms with E-state index in [0.717, 1.165) is 13.1 Å². The number of hydroxylamine groups is 2. The minimum atomic E-state index is -0.119. The number of rotatable bonds is 2. The Bertz CT molecular complexity index is 392. The second-order valence-corrected chi connectivity index (χ2v) is 3.99. The first-order valence-corrected chi connectivity index (χ1v) is 5.81. The van der Waals surface area contributed by atoms with Crippen LogP contribution in [0.1, 0.15) is 0 Å². The van der Waals surface area contributed by atoms with Crippen LogP contribution < -0.4 is 4.90 Å². The third-order valence-electron chi connectivity index (χ3n) is 2.93. The molecule has 0 aliphatic carbocycles. The van der Waals surface area contributed by atoms with Crippen LogP contribution in [0.3, 0.4) is 0 Å². The van der Waals surface area contributed by atoms with Crippen molar-refractivity contribution in [1.29, 1.82) is 0 Å². The third-order valence-corrected chi connectivity index (χ3v) is 2.93. The summed E-state index contributed by atoms with van der Waals surface area (Å²) in [4.78, 5) is 28.9. The van der Waals surface area contributed by atoms with Gasteiger partial charge in [0.25, 0.3) is 0 Å². The van der Waals surface area contributed by atoms with Crippen LogP contribution in [0.2, 0.25) is 0 Å². The van der Waals surface area contributed by atoms with E-state index in [1.165, 1.54) is 12.2 Å². The highest BCUT2D eigenvalue weighted by molar-refractivity contribution is 5.73. The summed E-state index contributed by atoms with van der Waals surface area (Å²) in [5.74, 6) is 0.713. The number of piperazine rings is 1. The lowest BCUT2D eigenvalue weighted by atomic mass is 10.3. The summed E-state index contributed by atoms with van der Waals surface area (Å²) in [5, 5.41) is 1.23. The average Bonchev–Trinajstić information content (AvgIpc) is 2.47. The molecule has 0 radical (unpaired) electrons. The Hall–Kier alpha value is -1.89. The van der Waals surface area contributed by atoms with Crippen LogP contribution in [0.5, 0.6) is 0 Å². The summed E-state index contributed by atoms with van der Waals surface area (Å²) in [6.07, 6.45) is 3.44. The zero-order valence-electron chi connectivity index (χ0n) is 10.6. The molecule has 2 heterocycles. The van der Waals surface area contributed by atoms with Crippen molar-refractivity contribution in [2.45, 2.75) is 0 Å². The van der Waals surface area contributed by atoms with Crippen molar-refractivity contribution < 1.29 is 9.63 Å². The predicted molar refractivity (Wildman–Crippen MR) is 66.0 cm³/mol. The van der Waals surface area contributed by atoms with Crippen LogP contribution in [-0.2, 0) is 4.84 Å². The van der Waals surface area contributed by atoms with E-state index in [4.69, 9.17) is 4.84 Å². The first kappa shape index (κ1) is 12.6. The van der Waals surface area contributed by atoms with Crippen molar-refractivity contribution in [3.05, 3.63) is 18.5 Å². The molecule has 18 heavy (non-hydrogen) atoms. The van der Waals surface area contributed by atoms with E-state index >= 15 is 0 Å². The second-order valence-electron chi connectivity index (χ2n) is 3.99. The fourth-order valence-electron chi connectivity index (χ4n) is 1.83. The van der Waals surface area contributed by atoms with Crippen molar-refractivity contribution in [3.8, 4) is 0 Å². The van der Waals surface area contributed by atoms with E-state index in [1.807, 2.05) is 0 Å². The maximum atomic E-state index is 11.8. The lowest BCUT2D eigenvalue weighted by molar-refractivity contribution is -0.0762. The molecule has 1 saturated heterocycles. The van der Waals surface area contributed by atoms with Crippen molar-refractivity contribution >= 4 is 12.0 Å². The molecule has 1 fully saturated rings. The van der Waals surface area contributed by atoms with Gasteiger partial charge in [0.05, 0.1) is 7.11 Å². The van der Waals surface area contributed by atoms with E-state index < -0.39 is 0 Å². The first-order chi connectivity index (χ1) is 8.72. The van der Waals surface area contributed by atoms with Crippen LogP contribution in [0.25, 0.3) is 0 Å². The van der Waals surface area contributed by atoms with E-state index in [2.05, 4.69) is 14.9 Å². The number of carbonyl (C=O) groups is 1. The molecule has 7 heteroatoms. The topological polar surface area (TPSA) is 61.8 Å². The lowest BCUT2D eigenvalue weighted by Gasteiger charge is -2.35. The minimum Gasteiger partial charge on any atom is -0.337 e. The zero-order valence-corrected chi connectivity index (χ0v) is 10.6. The number of anilines is 1. The highest BCUT2D eigenvalue weighted by Crippen LogP contribution is 2.10. The summed E-state index contributed by atoms with van der Waals surface area (Å²) in [6, 6.07) is 1.67. The molecular weight excluding hydrogens is 234 g/mol. The molecule has 0 atom stereocenters. The van der Waals surface area contributed by atoms with Crippen LogP contribution in [0.15, 0.2) is 18.5 Å². The standard InChI is InChI=1S/C11H17N5O2/c1-14(18-2)11(17)16-8-6-15(7-9-16)10-12-4-3-5-13-10/h3-5H,6-9H2,1-2H3. The Labute approximate surface area is 106 Å². The molecule has 1 aromatic heterocycles. The molecular formula is C11H17N5O2. The summed E-state index contributed by atoms with van der Waals surface area (Å²) >= 11 is 0. The Morgan fingerprint density at radius 2 is 1.89 bits per heavy atom. The minimum absolute atomic E-state index is 0.119. The Morgan fingerprint density at radius 1 is 1.28 bits per heavy atom. The molecule has 1 aromatic rings. The summed E-state index contributed by atoms with van der Waals surface area (Å²) < 4.78 is 0. The number of hydrogen-bond donors (Lipinski definition) is 0. The predicted octanol–water partition coefficient (Wildman–Crippen LogP) is 0.212. The molecule has 0 bridgehead atoms. The fourth-order valence-corrected chi connectivity index (χ4v) is 1.83. The van der Waals surface area contributed by atoms with Gasteiger partial charge in [0, 0.05) is 45.6 Å². The normalized spacial score (nSPS) is 15.7. The van der Waals surface area contributed by atoms with Gasteiger partial charge in [-0.15, -0.1) is 0 Å². The van der Waals surface area contributed by atoms with Gasteiger partial charge in [0.15, 0.2) is 0 Å². The van der Waals surface area contributed by atoms with Crippen molar-refractivity contribution in [3.63, 3.8) is 0 Å². The maximum absolute atomic E-state index is 11.8. The summed E-state index contributed by atoms with van der Waals surface area (Å²) in [6.45, 7) is 2.75. The Morgan fingerprint density at radius 3 is 2.44 bits per heavy atom. The van der Waals surface area contributed by atoms with Crippen LogP contribution in [-0.4, -0.2) is 66.3 Å². The third kappa shape index (κ3) is 2.67. The number of carbonyl (C=O) groups excluding carboxylic acids is 1. The van der Waals surface area contributed by atoms with Gasteiger partial charge in [-0.2, -0.15) is 0 Å². The van der Waals surface area contributed by atoms with Gasteiger partial charge in [0.1, 0.15) is 0 Å². The molecule has 0 N–H and O–H groups in total. The highest BCUT2D eigenvalue weighted by atomic mass is 16.7. The van der Waals surface area contributed by atoms with Crippen LogP contribution >= 0.6 is 0 Å². The zero-order chi connectivity index (χ0) is 13.0. The van der Waals surface area contributed by atoms with Crippen molar-refractivity contribution in [1.82, 2.24) is 19.9 Å². The molecule has 0 saturated carbocycles. The smallest absolute Gasteiger partial charge is 0.337 e. The highest BCUT2D eigenvalue weighted by Gasteiger charge is 2.24. The average molecular weight is 251 g/mol. The molecule has 98 valence electrons. The molecule has 0 spiro atoms. The molecule has 1 aliphatic rings. The largest absolute Gasteiger partial charge is 0.343 e. The molecule has 0 unspecified atom stereocenters. The van der Waals surface area contributed by atoms with Crippen LogP contribution in [0.4, 0.5) is 10.7 Å². The molecule has 7 nitrogen and oxygen atoms in total. The SMILES string of the molecule is CON(C)C(=O)N1CCN(c2ncccn2)CC1. The van der Waals surface area contributed by atoms with Crippen molar-refractivity contribution in [2.75, 3.05) is 45.2 Å². The van der Waals surface area contributed by atoms with E-state index in [0.29, 0.717) is 19.0 Å². The Kier molecular flexibility index (Phi) is 3.93. The quantitative estimate of drug-likeness (QED) is 0.703. The monoisotopic (exact) mass is 251 g/mol. The fraction of sp³-hybridized carbons (Fsp3) is 0.545. The number of urea groups is 1. The van der Waals surface area contributed by atoms with Gasteiger partial charge >= 0.3 is 6.03 Å². The number of hydrogen-bond acceptors (Lipinski definition) is 5. The van der Waals surface area contributed by atoms with Gasteiger partial charge in [-0.1, -0.05) is 0 Å². The number of nitrogens with zero attached hydrogens (tertiary/aromatic N) is 5. The number of aromatic nitrogens is 2. The van der Waals surface area contributed by atoms with E-state index in [-0.39, 0.29) is 6.03 Å². The molecule has 1 aliphatic heterocycles.